The molecule has 98 valence electrons. The number of carboxylic acids is 1. The molecule has 0 heterocycles. The van der Waals surface area contributed by atoms with Crippen LogP contribution in [-0.2, 0) is 0 Å². The molecule has 0 fully saturated rings. The summed E-state index contributed by atoms with van der Waals surface area (Å²) in [6.07, 6.45) is 0. The van der Waals surface area contributed by atoms with E-state index in [-0.39, 0.29) is 11.6 Å². The first-order valence-corrected chi connectivity index (χ1v) is 6.37. The Bertz CT molecular complexity index is 459. The molecule has 0 unspecified atom stereocenters. The maximum absolute atomic E-state index is 11.8. The number of rotatable bonds is 4. The third kappa shape index (κ3) is 3.46. The molecule has 2 amide bonds. The molecule has 1 rings (SSSR count). The maximum Gasteiger partial charge on any atom is 0.337 e. The van der Waals surface area contributed by atoms with Crippen molar-refractivity contribution in [2.24, 2.45) is 0 Å². The summed E-state index contributed by atoms with van der Waals surface area (Å²) in [5.74, 6) is -1.08. The molecular weight excluding hydrogens is 300 g/mol. The van der Waals surface area contributed by atoms with Crippen molar-refractivity contribution in [3.63, 3.8) is 0 Å². The Morgan fingerprint density at radius 3 is 2.44 bits per heavy atom. The lowest BCUT2D eigenvalue weighted by Crippen LogP contribution is -2.34. The smallest absolute Gasteiger partial charge is 0.337 e. The van der Waals surface area contributed by atoms with Crippen LogP contribution in [-0.4, -0.2) is 35.1 Å². The fraction of sp³-hybridized carbons (Fsp3) is 0.333. The van der Waals surface area contributed by atoms with Gasteiger partial charge in [-0.25, -0.2) is 9.59 Å². The Morgan fingerprint density at radius 2 is 1.94 bits per heavy atom. The highest BCUT2D eigenvalue weighted by Crippen LogP contribution is 2.21. The zero-order valence-electron chi connectivity index (χ0n) is 10.2. The fourth-order valence-corrected chi connectivity index (χ4v) is 1.87. The summed E-state index contributed by atoms with van der Waals surface area (Å²) < 4.78 is 0.653. The number of anilines is 1. The average molecular weight is 315 g/mol. The van der Waals surface area contributed by atoms with Crippen LogP contribution in [0.4, 0.5) is 10.5 Å². The van der Waals surface area contributed by atoms with Gasteiger partial charge in [0.25, 0.3) is 0 Å². The third-order valence-corrected chi connectivity index (χ3v) is 3.00. The van der Waals surface area contributed by atoms with Gasteiger partial charge in [-0.1, -0.05) is 15.9 Å². The summed E-state index contributed by atoms with van der Waals surface area (Å²) in [5, 5.41) is 11.7. The molecule has 18 heavy (non-hydrogen) atoms. The second-order valence-corrected chi connectivity index (χ2v) is 4.51. The van der Waals surface area contributed by atoms with E-state index in [1.807, 2.05) is 13.8 Å². The first kappa shape index (κ1) is 14.5. The van der Waals surface area contributed by atoms with E-state index in [0.717, 1.165) is 0 Å². The molecule has 0 aliphatic rings. The van der Waals surface area contributed by atoms with Crippen LogP contribution in [0.2, 0.25) is 0 Å². The van der Waals surface area contributed by atoms with Crippen LogP contribution in [0, 0.1) is 0 Å². The number of halogens is 1. The number of aromatic carboxylic acids is 1. The molecule has 1 aromatic rings. The van der Waals surface area contributed by atoms with Crippen LogP contribution >= 0.6 is 15.9 Å². The van der Waals surface area contributed by atoms with E-state index in [1.165, 1.54) is 6.07 Å². The standard InChI is InChI=1S/C12H15BrN2O3/c1-3-15(4-2)12(18)14-10-6-5-8(13)7-9(10)11(16)17/h5-7H,3-4H2,1-2H3,(H,14,18)(H,16,17). The Kier molecular flexibility index (Phi) is 5.15. The molecule has 0 saturated heterocycles. The van der Waals surface area contributed by atoms with E-state index in [1.54, 1.807) is 17.0 Å². The largest absolute Gasteiger partial charge is 0.478 e. The molecule has 0 aliphatic carbocycles. The van der Waals surface area contributed by atoms with Crippen molar-refractivity contribution in [1.29, 1.82) is 0 Å². The van der Waals surface area contributed by atoms with E-state index >= 15 is 0 Å². The fourth-order valence-electron chi connectivity index (χ4n) is 1.51. The Hall–Kier alpha value is -1.56. The van der Waals surface area contributed by atoms with Crippen molar-refractivity contribution in [3.8, 4) is 0 Å². The van der Waals surface area contributed by atoms with Gasteiger partial charge in [-0.2, -0.15) is 0 Å². The average Bonchev–Trinajstić information content (AvgIpc) is 2.32. The molecule has 0 aromatic heterocycles. The quantitative estimate of drug-likeness (QED) is 0.897. The Balaban J connectivity index is 2.97. The maximum atomic E-state index is 11.8. The van der Waals surface area contributed by atoms with Gasteiger partial charge in [0, 0.05) is 17.6 Å². The van der Waals surface area contributed by atoms with Crippen LogP contribution < -0.4 is 5.32 Å². The normalized spacial score (nSPS) is 9.94. The molecule has 0 saturated carbocycles. The van der Waals surface area contributed by atoms with Gasteiger partial charge < -0.3 is 15.3 Å². The van der Waals surface area contributed by atoms with Gasteiger partial charge in [0.15, 0.2) is 0 Å². The number of carboxylic acid groups (broad SMARTS) is 1. The van der Waals surface area contributed by atoms with Crippen molar-refractivity contribution in [2.45, 2.75) is 13.8 Å². The summed E-state index contributed by atoms with van der Waals surface area (Å²) >= 11 is 3.20. The van der Waals surface area contributed by atoms with Gasteiger partial charge in [-0.3, -0.25) is 0 Å². The molecule has 0 radical (unpaired) electrons. The van der Waals surface area contributed by atoms with Crippen LogP contribution in [0.1, 0.15) is 24.2 Å². The van der Waals surface area contributed by atoms with E-state index in [2.05, 4.69) is 21.2 Å². The number of nitrogens with zero attached hydrogens (tertiary/aromatic N) is 1. The highest BCUT2D eigenvalue weighted by molar-refractivity contribution is 9.10. The Labute approximate surface area is 114 Å². The molecule has 6 heteroatoms. The van der Waals surface area contributed by atoms with Gasteiger partial charge in [-0.15, -0.1) is 0 Å². The second-order valence-electron chi connectivity index (χ2n) is 3.60. The van der Waals surface area contributed by atoms with Gasteiger partial charge in [0.05, 0.1) is 11.3 Å². The third-order valence-electron chi connectivity index (χ3n) is 2.50. The summed E-state index contributed by atoms with van der Waals surface area (Å²) in [7, 11) is 0. The van der Waals surface area contributed by atoms with Crippen LogP contribution in [0.25, 0.3) is 0 Å². The number of urea groups is 1. The predicted molar refractivity (Wildman–Crippen MR) is 73.0 cm³/mol. The molecule has 0 spiro atoms. The van der Waals surface area contributed by atoms with E-state index in [4.69, 9.17) is 5.11 Å². The van der Waals surface area contributed by atoms with Gasteiger partial charge in [0.1, 0.15) is 0 Å². The minimum Gasteiger partial charge on any atom is -0.478 e. The molecule has 0 bridgehead atoms. The Morgan fingerprint density at radius 1 is 1.33 bits per heavy atom. The first-order chi connectivity index (χ1) is 8.49. The monoisotopic (exact) mass is 314 g/mol. The van der Waals surface area contributed by atoms with E-state index in [9.17, 15) is 9.59 Å². The van der Waals surface area contributed by atoms with E-state index in [0.29, 0.717) is 23.2 Å². The van der Waals surface area contributed by atoms with Crippen LogP contribution in [0.5, 0.6) is 0 Å². The highest BCUT2D eigenvalue weighted by Gasteiger charge is 2.15. The lowest BCUT2D eigenvalue weighted by atomic mass is 10.2. The van der Waals surface area contributed by atoms with Crippen LogP contribution in [0.15, 0.2) is 22.7 Å². The number of nitrogens with one attached hydrogen (secondary N) is 1. The SMILES string of the molecule is CCN(CC)C(=O)Nc1ccc(Br)cc1C(=O)O. The highest BCUT2D eigenvalue weighted by atomic mass is 79.9. The van der Waals surface area contributed by atoms with Crippen molar-refractivity contribution < 1.29 is 14.7 Å². The zero-order chi connectivity index (χ0) is 13.7. The van der Waals surface area contributed by atoms with Gasteiger partial charge in [0.2, 0.25) is 0 Å². The van der Waals surface area contributed by atoms with Crippen LogP contribution in [0.3, 0.4) is 0 Å². The number of carbonyl (C=O) groups excluding carboxylic acids is 1. The first-order valence-electron chi connectivity index (χ1n) is 5.58. The molecule has 5 nitrogen and oxygen atoms in total. The summed E-state index contributed by atoms with van der Waals surface area (Å²) in [5.41, 5.74) is 0.354. The summed E-state index contributed by atoms with van der Waals surface area (Å²) in [4.78, 5) is 24.5. The van der Waals surface area contributed by atoms with Crippen molar-refractivity contribution >= 4 is 33.6 Å². The number of hydrogen-bond acceptors (Lipinski definition) is 2. The zero-order valence-corrected chi connectivity index (χ0v) is 11.8. The number of carbonyl (C=O) groups is 2. The van der Waals surface area contributed by atoms with Crippen molar-refractivity contribution in [2.75, 3.05) is 18.4 Å². The topological polar surface area (TPSA) is 69.6 Å². The minimum absolute atomic E-state index is 0.0601. The lowest BCUT2D eigenvalue weighted by Gasteiger charge is -2.19. The van der Waals surface area contributed by atoms with E-state index < -0.39 is 5.97 Å². The second kappa shape index (κ2) is 6.39. The number of benzene rings is 1. The lowest BCUT2D eigenvalue weighted by molar-refractivity contribution is 0.0698. The summed E-state index contributed by atoms with van der Waals surface area (Å²) in [6, 6.07) is 4.41. The predicted octanol–water partition coefficient (Wildman–Crippen LogP) is 3.02. The molecule has 2 N–H and O–H groups in total. The molecule has 0 atom stereocenters. The van der Waals surface area contributed by atoms with Gasteiger partial charge >= 0.3 is 12.0 Å². The molecule has 0 aliphatic heterocycles. The molecular formula is C12H15BrN2O3. The minimum atomic E-state index is -1.08. The summed E-state index contributed by atoms with van der Waals surface area (Å²) in [6.45, 7) is 4.87. The molecule has 1 aromatic carbocycles. The van der Waals surface area contributed by atoms with Crippen molar-refractivity contribution in [3.05, 3.63) is 28.2 Å². The number of amides is 2. The van der Waals surface area contributed by atoms with Crippen molar-refractivity contribution in [1.82, 2.24) is 4.90 Å². The number of hydrogen-bond donors (Lipinski definition) is 2. The van der Waals surface area contributed by atoms with Gasteiger partial charge in [-0.05, 0) is 32.0 Å².